The Hall–Kier alpha value is -3.39. The van der Waals surface area contributed by atoms with Gasteiger partial charge in [-0.1, -0.05) is 55.5 Å². The fourth-order valence-corrected chi connectivity index (χ4v) is 4.38. The van der Waals surface area contributed by atoms with Gasteiger partial charge in [0, 0.05) is 12.5 Å². The number of carbonyl (C=O) groups is 3. The van der Waals surface area contributed by atoms with E-state index in [1.807, 2.05) is 36.4 Å². The number of aliphatic carboxylic acids is 1. The first kappa shape index (κ1) is 21.8. The van der Waals surface area contributed by atoms with Gasteiger partial charge in [0.1, 0.15) is 12.6 Å². The number of carboxylic acids is 1. The zero-order valence-corrected chi connectivity index (χ0v) is 17.7. The summed E-state index contributed by atoms with van der Waals surface area (Å²) in [5.74, 6) is -1.73. The lowest BCUT2D eigenvalue weighted by atomic mass is 9.98. The van der Waals surface area contributed by atoms with Crippen LogP contribution in [-0.4, -0.2) is 54.5 Å². The predicted octanol–water partition coefficient (Wildman–Crippen LogP) is 2.66. The molecule has 0 radical (unpaired) electrons. The summed E-state index contributed by atoms with van der Waals surface area (Å²) in [6.45, 7) is 2.12. The molecule has 1 aliphatic heterocycles. The molecule has 0 saturated carbocycles. The van der Waals surface area contributed by atoms with Gasteiger partial charge in [0.2, 0.25) is 0 Å². The molecular weight excluding hydrogens is 412 g/mol. The maximum absolute atomic E-state index is 12.5. The van der Waals surface area contributed by atoms with Crippen molar-refractivity contribution in [1.29, 1.82) is 0 Å². The van der Waals surface area contributed by atoms with E-state index in [2.05, 4.69) is 22.8 Å². The second-order valence-corrected chi connectivity index (χ2v) is 7.96. The summed E-state index contributed by atoms with van der Waals surface area (Å²) in [6.07, 6.45) is -0.904. The highest BCUT2D eigenvalue weighted by atomic mass is 16.6. The molecule has 1 saturated heterocycles. The van der Waals surface area contributed by atoms with Crippen LogP contribution in [0, 0.1) is 0 Å². The van der Waals surface area contributed by atoms with Gasteiger partial charge >= 0.3 is 12.1 Å². The highest BCUT2D eigenvalue weighted by Gasteiger charge is 2.37. The van der Waals surface area contributed by atoms with E-state index in [-0.39, 0.29) is 25.6 Å². The second kappa shape index (κ2) is 9.40. The Morgan fingerprint density at radius 2 is 1.72 bits per heavy atom. The van der Waals surface area contributed by atoms with Crippen LogP contribution in [0.25, 0.3) is 11.1 Å². The molecule has 8 nitrogen and oxygen atoms in total. The first-order valence-corrected chi connectivity index (χ1v) is 10.8. The van der Waals surface area contributed by atoms with Crippen LogP contribution in [0.1, 0.15) is 36.8 Å². The van der Waals surface area contributed by atoms with E-state index in [1.165, 1.54) is 0 Å². The number of carbonyl (C=O) groups excluding carboxylic acids is 2. The first-order chi connectivity index (χ1) is 15.5. The maximum atomic E-state index is 12.5. The van der Waals surface area contributed by atoms with Gasteiger partial charge in [-0.2, -0.15) is 0 Å². The van der Waals surface area contributed by atoms with Crippen molar-refractivity contribution in [2.45, 2.75) is 43.9 Å². The minimum atomic E-state index is -1.11. The third-order valence-corrected chi connectivity index (χ3v) is 6.02. The predicted molar refractivity (Wildman–Crippen MR) is 116 cm³/mol. The SMILES string of the molecule is CC[C@H](NC(=O)C1OCCC1NC(=O)OCC1c2ccccc2-c2ccccc21)C(=O)O. The Labute approximate surface area is 185 Å². The Morgan fingerprint density at radius 3 is 2.31 bits per heavy atom. The van der Waals surface area contributed by atoms with Crippen LogP contribution in [0.5, 0.6) is 0 Å². The highest BCUT2D eigenvalue weighted by molar-refractivity contribution is 5.87. The van der Waals surface area contributed by atoms with Crippen molar-refractivity contribution in [3.05, 3.63) is 59.7 Å². The van der Waals surface area contributed by atoms with Crippen LogP contribution in [0.15, 0.2) is 48.5 Å². The molecule has 0 spiro atoms. The van der Waals surface area contributed by atoms with E-state index in [4.69, 9.17) is 14.6 Å². The minimum Gasteiger partial charge on any atom is -0.480 e. The van der Waals surface area contributed by atoms with Gasteiger partial charge in [-0.3, -0.25) is 4.79 Å². The first-order valence-electron chi connectivity index (χ1n) is 10.8. The molecule has 168 valence electrons. The summed E-state index contributed by atoms with van der Waals surface area (Å²) in [7, 11) is 0. The molecule has 2 unspecified atom stereocenters. The van der Waals surface area contributed by atoms with Crippen molar-refractivity contribution >= 4 is 18.0 Å². The Morgan fingerprint density at radius 1 is 1.09 bits per heavy atom. The average molecular weight is 438 g/mol. The molecule has 8 heteroatoms. The van der Waals surface area contributed by atoms with Gasteiger partial charge in [-0.25, -0.2) is 9.59 Å². The number of carboxylic acid groups (broad SMARTS) is 1. The van der Waals surface area contributed by atoms with E-state index >= 15 is 0 Å². The van der Waals surface area contributed by atoms with Crippen LogP contribution in [0.2, 0.25) is 0 Å². The molecule has 3 N–H and O–H groups in total. The van der Waals surface area contributed by atoms with Gasteiger partial charge in [-0.15, -0.1) is 0 Å². The van der Waals surface area contributed by atoms with Crippen molar-refractivity contribution in [2.75, 3.05) is 13.2 Å². The molecule has 0 aromatic heterocycles. The number of benzene rings is 2. The number of hydrogen-bond acceptors (Lipinski definition) is 5. The normalized spacial score (nSPS) is 20.2. The zero-order valence-electron chi connectivity index (χ0n) is 17.7. The fraction of sp³-hybridized carbons (Fsp3) is 0.375. The number of hydrogen-bond donors (Lipinski definition) is 3. The van der Waals surface area contributed by atoms with E-state index in [0.717, 1.165) is 22.3 Å². The third-order valence-electron chi connectivity index (χ3n) is 6.02. The van der Waals surface area contributed by atoms with Crippen molar-refractivity contribution in [2.24, 2.45) is 0 Å². The molecular formula is C24H26N2O6. The molecule has 2 aromatic carbocycles. The standard InChI is InChI=1S/C24H26N2O6/c1-2-19(23(28)29)25-22(27)21-20(11-12-31-21)26-24(30)32-13-18-16-9-5-3-7-14(16)15-8-4-6-10-17(15)18/h3-10,18-21H,2,11-13H2,1H3,(H,25,27)(H,26,30)(H,28,29)/t19-,20?,21?/m0/s1. The van der Waals surface area contributed by atoms with Crippen LogP contribution in [0.4, 0.5) is 4.79 Å². The van der Waals surface area contributed by atoms with Gasteiger partial charge < -0.3 is 25.2 Å². The third kappa shape index (κ3) is 4.31. The quantitative estimate of drug-likeness (QED) is 0.612. The topological polar surface area (TPSA) is 114 Å². The number of ether oxygens (including phenoxy) is 2. The van der Waals surface area contributed by atoms with E-state index in [1.54, 1.807) is 6.92 Å². The van der Waals surface area contributed by atoms with E-state index in [9.17, 15) is 14.4 Å². The number of fused-ring (bicyclic) bond motifs is 3. The molecule has 0 bridgehead atoms. The van der Waals surface area contributed by atoms with Gasteiger partial charge in [0.05, 0.1) is 6.04 Å². The maximum Gasteiger partial charge on any atom is 0.407 e. The smallest absolute Gasteiger partial charge is 0.407 e. The van der Waals surface area contributed by atoms with Crippen molar-refractivity contribution in [1.82, 2.24) is 10.6 Å². The largest absolute Gasteiger partial charge is 0.480 e. The molecule has 2 amide bonds. The van der Waals surface area contributed by atoms with Gasteiger partial charge in [0.25, 0.3) is 5.91 Å². The number of rotatable bonds is 7. The highest BCUT2D eigenvalue weighted by Crippen LogP contribution is 2.44. The van der Waals surface area contributed by atoms with Crippen molar-refractivity contribution in [3.8, 4) is 11.1 Å². The summed E-state index contributed by atoms with van der Waals surface area (Å²) in [4.78, 5) is 36.2. The van der Waals surface area contributed by atoms with Gasteiger partial charge in [0.15, 0.2) is 6.10 Å². The summed E-state index contributed by atoms with van der Waals surface area (Å²) in [5, 5.41) is 14.3. The van der Waals surface area contributed by atoms with Crippen LogP contribution in [0.3, 0.4) is 0 Å². The monoisotopic (exact) mass is 438 g/mol. The molecule has 32 heavy (non-hydrogen) atoms. The number of amides is 2. The number of nitrogens with one attached hydrogen (secondary N) is 2. The zero-order chi connectivity index (χ0) is 22.7. The van der Waals surface area contributed by atoms with Gasteiger partial charge in [-0.05, 0) is 35.1 Å². The summed E-state index contributed by atoms with van der Waals surface area (Å²) in [6, 6.07) is 14.5. The van der Waals surface area contributed by atoms with E-state index in [0.29, 0.717) is 6.42 Å². The fourth-order valence-electron chi connectivity index (χ4n) is 4.38. The molecule has 3 atom stereocenters. The average Bonchev–Trinajstić information content (AvgIpc) is 3.38. The second-order valence-electron chi connectivity index (χ2n) is 7.96. The van der Waals surface area contributed by atoms with Crippen LogP contribution < -0.4 is 10.6 Å². The minimum absolute atomic E-state index is 0.0621. The van der Waals surface area contributed by atoms with Crippen molar-refractivity contribution in [3.63, 3.8) is 0 Å². The molecule has 4 rings (SSSR count). The molecule has 1 aliphatic carbocycles. The summed E-state index contributed by atoms with van der Waals surface area (Å²) >= 11 is 0. The molecule has 1 fully saturated rings. The Balaban J connectivity index is 1.37. The van der Waals surface area contributed by atoms with Crippen LogP contribution >= 0.6 is 0 Å². The number of alkyl carbamates (subject to hydrolysis) is 1. The van der Waals surface area contributed by atoms with E-state index < -0.39 is 36.2 Å². The Bertz CT molecular complexity index is 978. The lowest BCUT2D eigenvalue weighted by molar-refractivity contribution is -0.143. The molecule has 2 aliphatic rings. The molecule has 2 aromatic rings. The summed E-state index contributed by atoms with van der Waals surface area (Å²) in [5.41, 5.74) is 4.51. The summed E-state index contributed by atoms with van der Waals surface area (Å²) < 4.78 is 11.0. The Kier molecular flexibility index (Phi) is 6.41. The lowest BCUT2D eigenvalue weighted by Gasteiger charge is -2.22. The van der Waals surface area contributed by atoms with Crippen LogP contribution in [-0.2, 0) is 19.1 Å². The van der Waals surface area contributed by atoms with Crippen molar-refractivity contribution < 1.29 is 29.0 Å². The lowest BCUT2D eigenvalue weighted by Crippen LogP contribution is -2.52. The molecule has 1 heterocycles.